The van der Waals surface area contributed by atoms with Crippen molar-refractivity contribution in [2.24, 2.45) is 0 Å². The lowest BCUT2D eigenvalue weighted by Crippen LogP contribution is -2.38. The van der Waals surface area contributed by atoms with Crippen LogP contribution in [0.3, 0.4) is 0 Å². The number of hydrogen-bond acceptors (Lipinski definition) is 1. The van der Waals surface area contributed by atoms with Crippen LogP contribution in [-0.2, 0) is 6.42 Å². The van der Waals surface area contributed by atoms with Gasteiger partial charge in [-0.2, -0.15) is 0 Å². The van der Waals surface area contributed by atoms with Gasteiger partial charge in [0.15, 0.2) is 0 Å². The highest BCUT2D eigenvalue weighted by Gasteiger charge is 2.16. The van der Waals surface area contributed by atoms with E-state index < -0.39 is 0 Å². The first-order valence-corrected chi connectivity index (χ1v) is 9.51. The number of carbonyl (C=O) groups excluding carboxylic acids is 1. The van der Waals surface area contributed by atoms with Crippen molar-refractivity contribution in [3.05, 3.63) is 108 Å². The molecular weight excluding hydrogens is 332 g/mol. The SMILES string of the molecule is O=C(NCCCCc1ccccc1)NC(c1ccccc1)c1ccccc1. The summed E-state index contributed by atoms with van der Waals surface area (Å²) in [5.74, 6) is 0. The molecule has 3 heteroatoms. The zero-order valence-corrected chi connectivity index (χ0v) is 15.5. The van der Waals surface area contributed by atoms with E-state index in [2.05, 4.69) is 34.9 Å². The number of amides is 2. The van der Waals surface area contributed by atoms with Gasteiger partial charge in [-0.3, -0.25) is 0 Å². The van der Waals surface area contributed by atoms with Gasteiger partial charge in [0, 0.05) is 6.54 Å². The molecule has 2 amide bonds. The van der Waals surface area contributed by atoms with Crippen molar-refractivity contribution in [3.8, 4) is 0 Å². The Kier molecular flexibility index (Phi) is 7.05. The van der Waals surface area contributed by atoms with Crippen LogP contribution in [-0.4, -0.2) is 12.6 Å². The van der Waals surface area contributed by atoms with Gasteiger partial charge in [-0.15, -0.1) is 0 Å². The summed E-state index contributed by atoms with van der Waals surface area (Å²) in [5, 5.41) is 6.10. The molecule has 0 aliphatic carbocycles. The van der Waals surface area contributed by atoms with Crippen molar-refractivity contribution >= 4 is 6.03 Å². The maximum Gasteiger partial charge on any atom is 0.315 e. The summed E-state index contributed by atoms with van der Waals surface area (Å²) in [4.78, 5) is 12.4. The molecule has 2 N–H and O–H groups in total. The molecule has 3 rings (SSSR count). The predicted octanol–water partition coefficient (Wildman–Crippen LogP) is 5.10. The predicted molar refractivity (Wildman–Crippen MR) is 111 cm³/mol. The number of nitrogens with one attached hydrogen (secondary N) is 2. The Balaban J connectivity index is 1.49. The average Bonchev–Trinajstić information content (AvgIpc) is 2.74. The average molecular weight is 358 g/mol. The van der Waals surface area contributed by atoms with E-state index in [1.165, 1.54) is 5.56 Å². The molecule has 0 bridgehead atoms. The maximum atomic E-state index is 12.4. The molecule has 138 valence electrons. The van der Waals surface area contributed by atoms with Crippen LogP contribution in [0.5, 0.6) is 0 Å². The zero-order valence-electron chi connectivity index (χ0n) is 15.5. The molecule has 0 saturated carbocycles. The summed E-state index contributed by atoms with van der Waals surface area (Å²) in [6.45, 7) is 0.676. The smallest absolute Gasteiger partial charge is 0.315 e. The number of aryl methyl sites for hydroxylation is 1. The van der Waals surface area contributed by atoms with E-state index in [0.717, 1.165) is 30.4 Å². The third kappa shape index (κ3) is 6.00. The number of unbranched alkanes of at least 4 members (excludes halogenated alkanes) is 1. The fourth-order valence-electron chi connectivity index (χ4n) is 3.13. The molecule has 0 heterocycles. The minimum absolute atomic E-state index is 0.132. The highest BCUT2D eigenvalue weighted by Crippen LogP contribution is 2.21. The maximum absolute atomic E-state index is 12.4. The van der Waals surface area contributed by atoms with Gasteiger partial charge in [0.1, 0.15) is 0 Å². The molecule has 0 aliphatic rings. The van der Waals surface area contributed by atoms with Crippen LogP contribution >= 0.6 is 0 Å². The minimum Gasteiger partial charge on any atom is -0.338 e. The molecule has 0 aliphatic heterocycles. The van der Waals surface area contributed by atoms with Gasteiger partial charge in [0.2, 0.25) is 0 Å². The van der Waals surface area contributed by atoms with E-state index in [4.69, 9.17) is 0 Å². The fraction of sp³-hybridized carbons (Fsp3) is 0.208. The number of hydrogen-bond donors (Lipinski definition) is 2. The summed E-state index contributed by atoms with van der Waals surface area (Å²) in [7, 11) is 0. The fourth-order valence-corrected chi connectivity index (χ4v) is 3.13. The molecule has 0 atom stereocenters. The summed E-state index contributed by atoms with van der Waals surface area (Å²) < 4.78 is 0. The van der Waals surface area contributed by atoms with Gasteiger partial charge >= 0.3 is 6.03 Å². The molecular formula is C24H26N2O. The minimum atomic E-state index is -0.156. The summed E-state index contributed by atoms with van der Waals surface area (Å²) >= 11 is 0. The third-order valence-electron chi connectivity index (χ3n) is 4.56. The largest absolute Gasteiger partial charge is 0.338 e. The number of benzene rings is 3. The Bertz CT molecular complexity index is 764. The molecule has 3 nitrogen and oxygen atoms in total. The number of rotatable bonds is 8. The van der Waals surface area contributed by atoms with Crippen molar-refractivity contribution in [1.82, 2.24) is 10.6 Å². The Labute approximate surface area is 161 Å². The lowest BCUT2D eigenvalue weighted by Gasteiger charge is -2.20. The van der Waals surface area contributed by atoms with Gasteiger partial charge < -0.3 is 10.6 Å². The first kappa shape index (κ1) is 18.7. The zero-order chi connectivity index (χ0) is 18.7. The lowest BCUT2D eigenvalue weighted by molar-refractivity contribution is 0.238. The van der Waals surface area contributed by atoms with Crippen molar-refractivity contribution in [2.45, 2.75) is 25.3 Å². The standard InChI is InChI=1S/C24H26N2O/c27-24(25-19-11-10-14-20-12-4-1-5-13-20)26-23(21-15-6-2-7-16-21)22-17-8-3-9-18-22/h1-9,12-13,15-18,23H,10-11,14,19H2,(H2,25,26,27). The molecule has 27 heavy (non-hydrogen) atoms. The van der Waals surface area contributed by atoms with Crippen LogP contribution in [0, 0.1) is 0 Å². The van der Waals surface area contributed by atoms with Crippen LogP contribution in [0.1, 0.15) is 35.6 Å². The Morgan fingerprint density at radius 3 is 1.78 bits per heavy atom. The molecule has 0 saturated heterocycles. The summed E-state index contributed by atoms with van der Waals surface area (Å²) in [6, 6.07) is 30.3. The molecule has 3 aromatic rings. The Hall–Kier alpha value is -3.07. The van der Waals surface area contributed by atoms with E-state index in [1.54, 1.807) is 0 Å². The number of urea groups is 1. The van der Waals surface area contributed by atoms with Crippen molar-refractivity contribution in [2.75, 3.05) is 6.54 Å². The van der Waals surface area contributed by atoms with Crippen LogP contribution in [0.15, 0.2) is 91.0 Å². The molecule has 0 radical (unpaired) electrons. The van der Waals surface area contributed by atoms with Crippen LogP contribution in [0.25, 0.3) is 0 Å². The highest BCUT2D eigenvalue weighted by atomic mass is 16.2. The quantitative estimate of drug-likeness (QED) is 0.541. The molecule has 0 unspecified atom stereocenters. The van der Waals surface area contributed by atoms with E-state index in [1.807, 2.05) is 66.7 Å². The summed E-state index contributed by atoms with van der Waals surface area (Å²) in [5.41, 5.74) is 3.49. The number of carbonyl (C=O) groups is 1. The molecule has 0 fully saturated rings. The highest BCUT2D eigenvalue weighted by molar-refractivity contribution is 5.75. The Morgan fingerprint density at radius 1 is 0.704 bits per heavy atom. The lowest BCUT2D eigenvalue weighted by atomic mass is 9.99. The Morgan fingerprint density at radius 2 is 1.22 bits per heavy atom. The second kappa shape index (κ2) is 10.2. The van der Waals surface area contributed by atoms with Gasteiger partial charge in [-0.25, -0.2) is 4.79 Å². The van der Waals surface area contributed by atoms with E-state index in [0.29, 0.717) is 6.54 Å². The first-order valence-electron chi connectivity index (χ1n) is 9.51. The van der Waals surface area contributed by atoms with Gasteiger partial charge in [-0.1, -0.05) is 91.0 Å². The van der Waals surface area contributed by atoms with E-state index in [9.17, 15) is 4.79 Å². The molecule has 0 spiro atoms. The van der Waals surface area contributed by atoms with Crippen LogP contribution < -0.4 is 10.6 Å². The second-order valence-electron chi connectivity index (χ2n) is 6.60. The van der Waals surface area contributed by atoms with Crippen LogP contribution in [0.4, 0.5) is 4.79 Å². The molecule has 0 aromatic heterocycles. The van der Waals surface area contributed by atoms with Crippen LogP contribution in [0.2, 0.25) is 0 Å². The van der Waals surface area contributed by atoms with Crippen molar-refractivity contribution in [1.29, 1.82) is 0 Å². The van der Waals surface area contributed by atoms with E-state index >= 15 is 0 Å². The normalized spacial score (nSPS) is 10.6. The van der Waals surface area contributed by atoms with E-state index in [-0.39, 0.29) is 12.1 Å². The third-order valence-corrected chi connectivity index (χ3v) is 4.56. The summed E-state index contributed by atoms with van der Waals surface area (Å²) in [6.07, 6.45) is 3.07. The van der Waals surface area contributed by atoms with Gasteiger partial charge in [0.05, 0.1) is 6.04 Å². The van der Waals surface area contributed by atoms with Crippen molar-refractivity contribution < 1.29 is 4.79 Å². The molecule has 3 aromatic carbocycles. The van der Waals surface area contributed by atoms with Gasteiger partial charge in [-0.05, 0) is 36.0 Å². The first-order chi connectivity index (χ1) is 13.3. The topological polar surface area (TPSA) is 41.1 Å². The van der Waals surface area contributed by atoms with Crippen molar-refractivity contribution in [3.63, 3.8) is 0 Å². The monoisotopic (exact) mass is 358 g/mol. The second-order valence-corrected chi connectivity index (χ2v) is 6.60. The van der Waals surface area contributed by atoms with Gasteiger partial charge in [0.25, 0.3) is 0 Å².